The van der Waals surface area contributed by atoms with E-state index in [9.17, 15) is 14.9 Å². The third kappa shape index (κ3) is 3.07. The molecule has 0 aliphatic carbocycles. The van der Waals surface area contributed by atoms with Gasteiger partial charge in [0.15, 0.2) is 0 Å². The smallest absolute Gasteiger partial charge is 0.269 e. The lowest BCUT2D eigenvalue weighted by Gasteiger charge is -2.28. The monoisotopic (exact) mass is 377 g/mol. The average Bonchev–Trinajstić information content (AvgIpc) is 3.15. The van der Waals surface area contributed by atoms with E-state index in [-0.39, 0.29) is 11.6 Å². The van der Waals surface area contributed by atoms with Crippen molar-refractivity contribution < 1.29 is 9.72 Å². The summed E-state index contributed by atoms with van der Waals surface area (Å²) < 4.78 is 1.53. The van der Waals surface area contributed by atoms with Gasteiger partial charge in [0, 0.05) is 24.0 Å². The molecule has 0 fully saturated rings. The number of nitro groups is 1. The molecule has 2 N–H and O–H groups in total. The Balaban J connectivity index is 1.80. The number of anilines is 2. The molecule has 28 heavy (non-hydrogen) atoms. The van der Waals surface area contributed by atoms with Gasteiger partial charge in [-0.15, -0.1) is 0 Å². The van der Waals surface area contributed by atoms with Gasteiger partial charge in [-0.25, -0.2) is 9.67 Å². The number of benzene rings is 1. The predicted molar refractivity (Wildman–Crippen MR) is 100 cm³/mol. The van der Waals surface area contributed by atoms with Crippen molar-refractivity contribution in [2.45, 2.75) is 13.0 Å². The summed E-state index contributed by atoms with van der Waals surface area (Å²) in [5.74, 6) is 0.458. The van der Waals surface area contributed by atoms with Gasteiger partial charge in [0.25, 0.3) is 11.6 Å². The zero-order valence-corrected chi connectivity index (χ0v) is 14.7. The second-order valence-electron chi connectivity index (χ2n) is 6.12. The maximum absolute atomic E-state index is 13.1. The number of amides is 1. The molecule has 0 unspecified atom stereocenters. The van der Waals surface area contributed by atoms with E-state index in [4.69, 9.17) is 0 Å². The highest BCUT2D eigenvalue weighted by molar-refractivity contribution is 6.05. The van der Waals surface area contributed by atoms with Crippen LogP contribution in [0.5, 0.6) is 0 Å². The molecule has 140 valence electrons. The van der Waals surface area contributed by atoms with Gasteiger partial charge >= 0.3 is 0 Å². The molecule has 0 bridgehead atoms. The first-order valence-electron chi connectivity index (χ1n) is 8.38. The van der Waals surface area contributed by atoms with E-state index in [0.717, 1.165) is 0 Å². The van der Waals surface area contributed by atoms with Gasteiger partial charge in [-0.3, -0.25) is 14.9 Å². The molecule has 1 aliphatic heterocycles. The lowest BCUT2D eigenvalue weighted by Crippen LogP contribution is -2.31. The van der Waals surface area contributed by atoms with Crippen LogP contribution in [0.1, 0.15) is 18.5 Å². The van der Waals surface area contributed by atoms with Crippen LogP contribution in [0.3, 0.4) is 0 Å². The summed E-state index contributed by atoms with van der Waals surface area (Å²) in [7, 11) is 0. The number of nitrogens with one attached hydrogen (secondary N) is 2. The lowest BCUT2D eigenvalue weighted by molar-refractivity contribution is -0.384. The van der Waals surface area contributed by atoms with Gasteiger partial charge in [0.2, 0.25) is 5.95 Å². The first kappa shape index (κ1) is 17.3. The Labute approximate surface area is 159 Å². The zero-order chi connectivity index (χ0) is 19.7. The van der Waals surface area contributed by atoms with E-state index in [0.29, 0.717) is 28.6 Å². The van der Waals surface area contributed by atoms with Crippen LogP contribution in [-0.2, 0) is 4.79 Å². The molecule has 1 amide bonds. The number of pyridine rings is 1. The summed E-state index contributed by atoms with van der Waals surface area (Å²) in [4.78, 5) is 32.1. The molecule has 10 heteroatoms. The van der Waals surface area contributed by atoms with E-state index in [1.807, 2.05) is 0 Å². The lowest BCUT2D eigenvalue weighted by atomic mass is 9.94. The summed E-state index contributed by atoms with van der Waals surface area (Å²) in [6.45, 7) is 1.75. The number of nitrogens with zero attached hydrogens (tertiary/aromatic N) is 5. The molecule has 1 atom stereocenters. The quantitative estimate of drug-likeness (QED) is 0.528. The van der Waals surface area contributed by atoms with Gasteiger partial charge in [-0.1, -0.05) is 18.2 Å². The van der Waals surface area contributed by atoms with E-state index in [2.05, 4.69) is 25.7 Å². The van der Waals surface area contributed by atoms with Gasteiger partial charge in [-0.05, 0) is 24.6 Å². The fraction of sp³-hybridized carbons (Fsp3) is 0.111. The molecule has 10 nitrogen and oxygen atoms in total. The third-order valence-electron chi connectivity index (χ3n) is 4.34. The Bertz CT molecular complexity index is 1090. The number of aromatic nitrogens is 4. The first-order chi connectivity index (χ1) is 13.5. The van der Waals surface area contributed by atoms with Gasteiger partial charge in [-0.2, -0.15) is 10.1 Å². The van der Waals surface area contributed by atoms with Crippen LogP contribution < -0.4 is 10.6 Å². The Morgan fingerprint density at radius 2 is 2.11 bits per heavy atom. The number of nitro benzene ring substituents is 1. The minimum atomic E-state index is -0.678. The summed E-state index contributed by atoms with van der Waals surface area (Å²) in [6, 6.07) is 10.6. The van der Waals surface area contributed by atoms with Crippen molar-refractivity contribution in [2.75, 3.05) is 10.6 Å². The van der Waals surface area contributed by atoms with E-state index in [1.54, 1.807) is 43.5 Å². The fourth-order valence-electron chi connectivity index (χ4n) is 3.12. The minimum absolute atomic E-state index is 0.0696. The summed E-state index contributed by atoms with van der Waals surface area (Å²) >= 11 is 0. The van der Waals surface area contributed by atoms with Crippen molar-refractivity contribution in [1.29, 1.82) is 0 Å². The molecule has 4 rings (SSSR count). The van der Waals surface area contributed by atoms with E-state index >= 15 is 0 Å². The molecule has 2 aromatic heterocycles. The number of hydrogen-bond donors (Lipinski definition) is 2. The predicted octanol–water partition coefficient (Wildman–Crippen LogP) is 2.51. The van der Waals surface area contributed by atoms with Crippen molar-refractivity contribution >= 4 is 23.4 Å². The van der Waals surface area contributed by atoms with Crippen LogP contribution in [0.25, 0.3) is 0 Å². The van der Waals surface area contributed by atoms with Crippen LogP contribution in [0, 0.1) is 10.1 Å². The van der Waals surface area contributed by atoms with Crippen LogP contribution in [0.15, 0.2) is 66.3 Å². The topological polar surface area (TPSA) is 128 Å². The average molecular weight is 377 g/mol. The van der Waals surface area contributed by atoms with Crippen molar-refractivity contribution in [1.82, 2.24) is 19.7 Å². The van der Waals surface area contributed by atoms with Crippen molar-refractivity contribution in [3.05, 3.63) is 81.9 Å². The number of rotatable bonds is 4. The molecular formula is C18H15N7O3. The second kappa shape index (κ2) is 6.91. The molecule has 0 saturated heterocycles. The highest BCUT2D eigenvalue weighted by Gasteiger charge is 2.34. The fourth-order valence-corrected chi connectivity index (χ4v) is 3.12. The Hall–Kier alpha value is -4.08. The summed E-state index contributed by atoms with van der Waals surface area (Å²) in [6.07, 6.45) is 2.93. The molecule has 0 spiro atoms. The maximum atomic E-state index is 13.1. The molecule has 1 aliphatic rings. The highest BCUT2D eigenvalue weighted by atomic mass is 16.6. The molecule has 0 radical (unpaired) electrons. The number of non-ortho nitro benzene ring substituents is 1. The van der Waals surface area contributed by atoms with Crippen LogP contribution in [0.2, 0.25) is 0 Å². The van der Waals surface area contributed by atoms with Crippen molar-refractivity contribution in [3.63, 3.8) is 0 Å². The molecule has 0 saturated carbocycles. The summed E-state index contributed by atoms with van der Waals surface area (Å²) in [5.41, 5.74) is 1.42. The Morgan fingerprint density at radius 1 is 1.25 bits per heavy atom. The zero-order valence-electron chi connectivity index (χ0n) is 14.7. The molecule has 3 heterocycles. The number of hydrogen-bond acceptors (Lipinski definition) is 7. The van der Waals surface area contributed by atoms with Crippen molar-refractivity contribution in [3.8, 4) is 0 Å². The third-order valence-corrected chi connectivity index (χ3v) is 4.34. The Kier molecular flexibility index (Phi) is 4.28. The Morgan fingerprint density at radius 3 is 2.86 bits per heavy atom. The minimum Gasteiger partial charge on any atom is -0.328 e. The van der Waals surface area contributed by atoms with Gasteiger partial charge in [0.1, 0.15) is 18.2 Å². The largest absolute Gasteiger partial charge is 0.328 e. The van der Waals surface area contributed by atoms with Gasteiger partial charge < -0.3 is 10.6 Å². The SMILES string of the molecule is CC1=C(C(=O)Nc2ccccn2)[C@H](c2cccc([N+](=O)[O-])c2)n2ncnc2N1. The first-order valence-corrected chi connectivity index (χ1v) is 8.38. The molecule has 1 aromatic carbocycles. The standard InChI is InChI=1S/C18H15N7O3/c1-11-15(17(26)23-14-7-2-3-8-19-14)16(24-18(22-11)20-10-21-24)12-5-4-6-13(9-12)25(27)28/h2-10,16H,1H3,(H,19,23,26)(H,20,21,22)/t16-/m0/s1. The van der Waals surface area contributed by atoms with Crippen LogP contribution >= 0.6 is 0 Å². The van der Waals surface area contributed by atoms with Crippen LogP contribution in [-0.4, -0.2) is 30.6 Å². The number of allylic oxidation sites excluding steroid dienone is 1. The number of carbonyl (C=O) groups is 1. The summed E-state index contributed by atoms with van der Waals surface area (Å²) in [5, 5.41) is 21.2. The molecular weight excluding hydrogens is 362 g/mol. The normalized spacial score (nSPS) is 15.5. The van der Waals surface area contributed by atoms with Crippen molar-refractivity contribution in [2.24, 2.45) is 0 Å². The van der Waals surface area contributed by atoms with E-state index < -0.39 is 11.0 Å². The maximum Gasteiger partial charge on any atom is 0.269 e. The molecule has 3 aromatic rings. The number of carbonyl (C=O) groups excluding carboxylic acids is 1. The number of fused-ring (bicyclic) bond motifs is 1. The highest BCUT2D eigenvalue weighted by Crippen LogP contribution is 2.36. The van der Waals surface area contributed by atoms with Crippen LogP contribution in [0.4, 0.5) is 17.5 Å². The van der Waals surface area contributed by atoms with E-state index in [1.165, 1.54) is 23.1 Å². The second-order valence-corrected chi connectivity index (χ2v) is 6.12. The van der Waals surface area contributed by atoms with Gasteiger partial charge in [0.05, 0.1) is 10.5 Å².